The van der Waals surface area contributed by atoms with Crippen LogP contribution in [0.4, 0.5) is 0 Å². The van der Waals surface area contributed by atoms with Crippen molar-refractivity contribution in [3.63, 3.8) is 0 Å². The molecule has 0 aromatic rings. The molecular formula is C22H36O3. The number of rotatable bonds is 2. The molecule has 0 heterocycles. The van der Waals surface area contributed by atoms with Crippen LogP contribution >= 0.6 is 0 Å². The van der Waals surface area contributed by atoms with E-state index in [0.717, 1.165) is 19.3 Å². The highest BCUT2D eigenvalue weighted by Crippen LogP contribution is 2.67. The Morgan fingerprint density at radius 3 is 2.56 bits per heavy atom. The molecule has 0 amide bonds. The molecule has 0 aromatic carbocycles. The molecule has 0 aromatic heterocycles. The van der Waals surface area contributed by atoms with E-state index in [1.54, 1.807) is 0 Å². The number of carbonyl (C=O) groups is 1. The molecule has 0 radical (unpaired) electrons. The predicted molar refractivity (Wildman–Crippen MR) is 97.9 cm³/mol. The van der Waals surface area contributed by atoms with Crippen molar-refractivity contribution in [2.45, 2.75) is 78.2 Å². The SMILES string of the molecule is CC(CO)C1CCC2C3C(CC[C@]12C)[C@@]1(C)CCC(=O)C[C@@H]1C[C@H]3O. The molecular weight excluding hydrogens is 312 g/mol. The number of ketones is 1. The second kappa shape index (κ2) is 6.05. The van der Waals surface area contributed by atoms with E-state index in [1.165, 1.54) is 25.7 Å². The molecule has 0 aliphatic heterocycles. The molecule has 0 bridgehead atoms. The maximum absolute atomic E-state index is 12.0. The van der Waals surface area contributed by atoms with E-state index >= 15 is 0 Å². The van der Waals surface area contributed by atoms with Gasteiger partial charge in [-0.25, -0.2) is 0 Å². The van der Waals surface area contributed by atoms with Gasteiger partial charge in [-0.1, -0.05) is 20.8 Å². The van der Waals surface area contributed by atoms with Gasteiger partial charge in [0.15, 0.2) is 0 Å². The van der Waals surface area contributed by atoms with Gasteiger partial charge in [-0.2, -0.15) is 0 Å². The molecule has 4 aliphatic carbocycles. The molecule has 4 aliphatic rings. The first-order valence-electron chi connectivity index (χ1n) is 10.6. The molecule has 4 fully saturated rings. The number of aliphatic hydroxyl groups is 2. The first kappa shape index (κ1) is 18.0. The molecule has 4 rings (SSSR count). The van der Waals surface area contributed by atoms with Crippen LogP contribution < -0.4 is 0 Å². The summed E-state index contributed by atoms with van der Waals surface area (Å²) in [6.45, 7) is 7.36. The Labute approximate surface area is 152 Å². The number of Topliss-reactive ketones (excluding diaryl/α,β-unsaturated/α-hetero) is 1. The molecule has 142 valence electrons. The molecule has 3 nitrogen and oxygen atoms in total. The molecule has 25 heavy (non-hydrogen) atoms. The zero-order valence-corrected chi connectivity index (χ0v) is 16.2. The van der Waals surface area contributed by atoms with E-state index in [4.69, 9.17) is 0 Å². The first-order chi connectivity index (χ1) is 11.8. The zero-order valence-electron chi connectivity index (χ0n) is 16.2. The molecule has 3 heteroatoms. The average molecular weight is 349 g/mol. The summed E-state index contributed by atoms with van der Waals surface area (Å²) >= 11 is 0. The second-order valence-corrected chi connectivity index (χ2v) is 10.4. The number of carbonyl (C=O) groups excluding carboxylic acids is 1. The fraction of sp³-hybridized carbons (Fsp3) is 0.955. The minimum atomic E-state index is -0.234. The van der Waals surface area contributed by atoms with Crippen LogP contribution in [0.1, 0.15) is 72.1 Å². The van der Waals surface area contributed by atoms with Crippen LogP contribution in [0.3, 0.4) is 0 Å². The molecule has 0 spiro atoms. The normalized spacial score (nSPS) is 53.7. The van der Waals surface area contributed by atoms with Crippen molar-refractivity contribution >= 4 is 5.78 Å². The van der Waals surface area contributed by atoms with Gasteiger partial charge < -0.3 is 10.2 Å². The summed E-state index contributed by atoms with van der Waals surface area (Å²) < 4.78 is 0. The van der Waals surface area contributed by atoms with Gasteiger partial charge in [0.25, 0.3) is 0 Å². The Morgan fingerprint density at radius 2 is 1.84 bits per heavy atom. The maximum atomic E-state index is 12.0. The highest BCUT2D eigenvalue weighted by Gasteiger charge is 2.62. The van der Waals surface area contributed by atoms with Crippen LogP contribution in [0.25, 0.3) is 0 Å². The predicted octanol–water partition coefficient (Wildman–Crippen LogP) is 3.81. The summed E-state index contributed by atoms with van der Waals surface area (Å²) in [5, 5.41) is 20.9. The van der Waals surface area contributed by atoms with Crippen molar-refractivity contribution in [3.05, 3.63) is 0 Å². The van der Waals surface area contributed by atoms with E-state index in [2.05, 4.69) is 20.8 Å². The van der Waals surface area contributed by atoms with Crippen LogP contribution in [0.2, 0.25) is 0 Å². The van der Waals surface area contributed by atoms with E-state index in [1.807, 2.05) is 0 Å². The van der Waals surface area contributed by atoms with Gasteiger partial charge in [0, 0.05) is 19.4 Å². The first-order valence-corrected chi connectivity index (χ1v) is 10.6. The summed E-state index contributed by atoms with van der Waals surface area (Å²) in [6.07, 6.45) is 7.92. The lowest BCUT2D eigenvalue weighted by Gasteiger charge is -2.61. The number of fused-ring (bicyclic) bond motifs is 5. The van der Waals surface area contributed by atoms with E-state index < -0.39 is 0 Å². The Hall–Kier alpha value is -0.410. The van der Waals surface area contributed by atoms with Crippen molar-refractivity contribution in [1.29, 1.82) is 0 Å². The molecule has 4 saturated carbocycles. The highest BCUT2D eigenvalue weighted by atomic mass is 16.3. The largest absolute Gasteiger partial charge is 0.396 e. The summed E-state index contributed by atoms with van der Waals surface area (Å²) in [6, 6.07) is 0. The number of hydrogen-bond donors (Lipinski definition) is 2. The molecule has 9 atom stereocenters. The van der Waals surface area contributed by atoms with Gasteiger partial charge >= 0.3 is 0 Å². The Bertz CT molecular complexity index is 545. The lowest BCUT2D eigenvalue weighted by atomic mass is 9.44. The van der Waals surface area contributed by atoms with Crippen molar-refractivity contribution in [2.24, 2.45) is 46.3 Å². The minimum Gasteiger partial charge on any atom is -0.396 e. The Morgan fingerprint density at radius 1 is 1.12 bits per heavy atom. The fourth-order valence-electron chi connectivity index (χ4n) is 8.12. The van der Waals surface area contributed by atoms with E-state index in [9.17, 15) is 15.0 Å². The average Bonchev–Trinajstić information content (AvgIpc) is 2.93. The topological polar surface area (TPSA) is 57.5 Å². The lowest BCUT2D eigenvalue weighted by molar-refractivity contribution is -0.169. The van der Waals surface area contributed by atoms with Crippen LogP contribution in [-0.2, 0) is 4.79 Å². The molecule has 0 saturated heterocycles. The van der Waals surface area contributed by atoms with Crippen LogP contribution in [0.15, 0.2) is 0 Å². The van der Waals surface area contributed by atoms with Crippen molar-refractivity contribution in [3.8, 4) is 0 Å². The molecule has 5 unspecified atom stereocenters. The third-order valence-electron chi connectivity index (χ3n) is 9.55. The van der Waals surface area contributed by atoms with Crippen LogP contribution in [0.5, 0.6) is 0 Å². The monoisotopic (exact) mass is 348 g/mol. The fourth-order valence-corrected chi connectivity index (χ4v) is 8.12. The summed E-state index contributed by atoms with van der Waals surface area (Å²) in [7, 11) is 0. The van der Waals surface area contributed by atoms with E-state index in [-0.39, 0.29) is 23.5 Å². The Kier molecular flexibility index (Phi) is 4.35. The minimum absolute atomic E-state index is 0.234. The Balaban J connectivity index is 1.64. The third kappa shape index (κ3) is 2.48. The smallest absolute Gasteiger partial charge is 0.133 e. The summed E-state index contributed by atoms with van der Waals surface area (Å²) in [5.74, 6) is 3.33. The summed E-state index contributed by atoms with van der Waals surface area (Å²) in [5.41, 5.74) is 0.526. The zero-order chi connectivity index (χ0) is 18.0. The van der Waals surface area contributed by atoms with E-state index in [0.29, 0.717) is 47.7 Å². The van der Waals surface area contributed by atoms with Crippen molar-refractivity contribution < 1.29 is 15.0 Å². The van der Waals surface area contributed by atoms with Crippen LogP contribution in [0, 0.1) is 46.3 Å². The standard InChI is InChI=1S/C22H36O3/c1-13(12-23)16-4-5-17-20-18(7-9-22(16,17)3)21(2)8-6-15(24)10-14(21)11-19(20)25/h13-14,16-20,23,25H,4-12H2,1-3H3/t13?,14-,16?,17?,18?,19-,20?,21+,22-/m1/s1. The quantitative estimate of drug-likeness (QED) is 0.798. The number of hydrogen-bond acceptors (Lipinski definition) is 3. The van der Waals surface area contributed by atoms with Gasteiger partial charge in [-0.05, 0) is 84.9 Å². The molecule has 2 N–H and O–H groups in total. The summed E-state index contributed by atoms with van der Waals surface area (Å²) in [4.78, 5) is 12.0. The highest BCUT2D eigenvalue weighted by molar-refractivity contribution is 5.79. The van der Waals surface area contributed by atoms with Gasteiger partial charge in [0.2, 0.25) is 0 Å². The van der Waals surface area contributed by atoms with Crippen LogP contribution in [-0.4, -0.2) is 28.7 Å². The third-order valence-corrected chi connectivity index (χ3v) is 9.55. The lowest BCUT2D eigenvalue weighted by Crippen LogP contribution is -2.58. The van der Waals surface area contributed by atoms with Gasteiger partial charge in [-0.15, -0.1) is 0 Å². The van der Waals surface area contributed by atoms with Gasteiger partial charge in [0.1, 0.15) is 5.78 Å². The van der Waals surface area contributed by atoms with Gasteiger partial charge in [-0.3, -0.25) is 4.79 Å². The maximum Gasteiger partial charge on any atom is 0.133 e. The van der Waals surface area contributed by atoms with Crippen molar-refractivity contribution in [2.75, 3.05) is 6.61 Å². The number of aliphatic hydroxyl groups excluding tert-OH is 2. The van der Waals surface area contributed by atoms with Gasteiger partial charge in [0.05, 0.1) is 6.10 Å². The van der Waals surface area contributed by atoms with Crippen molar-refractivity contribution in [1.82, 2.24) is 0 Å². The second-order valence-electron chi connectivity index (χ2n) is 10.4.